The van der Waals surface area contributed by atoms with Gasteiger partial charge < -0.3 is 9.69 Å². The number of anilines is 1. The molecule has 114 valence electrons. The lowest BCUT2D eigenvalue weighted by Gasteiger charge is -2.26. The van der Waals surface area contributed by atoms with E-state index < -0.39 is 0 Å². The van der Waals surface area contributed by atoms with Crippen LogP contribution in [0.5, 0.6) is 0 Å². The summed E-state index contributed by atoms with van der Waals surface area (Å²) < 4.78 is 0. The fourth-order valence-corrected chi connectivity index (χ4v) is 2.33. The summed E-state index contributed by atoms with van der Waals surface area (Å²) in [6.07, 6.45) is 4.18. The van der Waals surface area contributed by atoms with E-state index in [2.05, 4.69) is 43.0 Å². The third kappa shape index (κ3) is 4.52. The Kier molecular flexibility index (Phi) is 6.28. The molecule has 0 bridgehead atoms. The highest BCUT2D eigenvalue weighted by Crippen LogP contribution is 2.21. The van der Waals surface area contributed by atoms with Gasteiger partial charge in [-0.3, -0.25) is 9.98 Å². The van der Waals surface area contributed by atoms with Crippen LogP contribution < -0.4 is 4.90 Å². The number of rotatable bonds is 4. The third-order valence-corrected chi connectivity index (χ3v) is 3.56. The maximum Gasteiger partial charge on any atom is 0.106 e. The maximum atomic E-state index is 8.00. The molecule has 0 spiro atoms. The van der Waals surface area contributed by atoms with Crippen LogP contribution in [0.2, 0.25) is 0 Å². The lowest BCUT2D eigenvalue weighted by atomic mass is 9.95. The number of benzene rings is 1. The number of aliphatic imine (C=N–C) groups is 2. The van der Waals surface area contributed by atoms with Crippen molar-refractivity contribution < 1.29 is 4.79 Å². The molecule has 4 heteroatoms. The van der Waals surface area contributed by atoms with Crippen LogP contribution in [0.1, 0.15) is 32.3 Å². The van der Waals surface area contributed by atoms with Crippen molar-refractivity contribution in [1.29, 1.82) is 0 Å². The van der Waals surface area contributed by atoms with Crippen LogP contribution in [-0.4, -0.2) is 44.9 Å². The van der Waals surface area contributed by atoms with Crippen molar-refractivity contribution in [2.75, 3.05) is 25.5 Å². The highest BCUT2D eigenvalue weighted by molar-refractivity contribution is 6.38. The summed E-state index contributed by atoms with van der Waals surface area (Å²) in [6, 6.07) is 8.46. The molecule has 2 rings (SSSR count). The van der Waals surface area contributed by atoms with Crippen molar-refractivity contribution in [3.05, 3.63) is 29.8 Å². The smallest absolute Gasteiger partial charge is 0.106 e. The van der Waals surface area contributed by atoms with Gasteiger partial charge in [0.15, 0.2) is 0 Å². The van der Waals surface area contributed by atoms with E-state index >= 15 is 0 Å². The van der Waals surface area contributed by atoms with Crippen LogP contribution >= 0.6 is 0 Å². The molecule has 0 saturated carbocycles. The molecule has 1 aliphatic rings. The van der Waals surface area contributed by atoms with Crippen molar-refractivity contribution in [2.24, 2.45) is 9.98 Å². The van der Waals surface area contributed by atoms with E-state index in [-0.39, 0.29) is 5.54 Å². The monoisotopic (exact) mass is 287 g/mol. The third-order valence-electron chi connectivity index (χ3n) is 3.56. The zero-order valence-corrected chi connectivity index (χ0v) is 13.5. The molecule has 1 unspecified atom stereocenters. The zero-order valence-electron chi connectivity index (χ0n) is 13.5. The van der Waals surface area contributed by atoms with Crippen molar-refractivity contribution >= 4 is 24.4 Å². The highest BCUT2D eigenvalue weighted by Gasteiger charge is 2.24. The number of carbonyl (C=O) groups is 1. The van der Waals surface area contributed by atoms with Gasteiger partial charge in [-0.1, -0.05) is 25.5 Å². The molecular weight excluding hydrogens is 262 g/mol. The van der Waals surface area contributed by atoms with Crippen molar-refractivity contribution in [3.63, 3.8) is 0 Å². The Morgan fingerprint density at radius 3 is 2.29 bits per heavy atom. The van der Waals surface area contributed by atoms with E-state index in [0.29, 0.717) is 0 Å². The van der Waals surface area contributed by atoms with Crippen molar-refractivity contribution in [3.8, 4) is 0 Å². The van der Waals surface area contributed by atoms with E-state index in [1.165, 1.54) is 5.69 Å². The van der Waals surface area contributed by atoms with Crippen LogP contribution in [-0.2, 0) is 4.79 Å². The molecule has 1 aromatic rings. The summed E-state index contributed by atoms with van der Waals surface area (Å²) in [5, 5.41) is 0. The van der Waals surface area contributed by atoms with Gasteiger partial charge in [0.2, 0.25) is 0 Å². The first kappa shape index (κ1) is 17.1. The number of carbonyl (C=O) groups excluding carboxylic acids is 1. The first-order valence-corrected chi connectivity index (χ1v) is 7.20. The molecule has 1 aromatic carbocycles. The van der Waals surface area contributed by atoms with Gasteiger partial charge in [-0.25, -0.2) is 0 Å². The lowest BCUT2D eigenvalue weighted by molar-refractivity contribution is -0.0979. The molecule has 0 saturated heterocycles. The second-order valence-corrected chi connectivity index (χ2v) is 5.65. The minimum absolute atomic E-state index is 0.00181. The van der Waals surface area contributed by atoms with Crippen molar-refractivity contribution in [1.82, 2.24) is 0 Å². The fourth-order valence-electron chi connectivity index (χ4n) is 2.33. The molecular formula is C17H25N3O. The van der Waals surface area contributed by atoms with Gasteiger partial charge in [0, 0.05) is 31.6 Å². The first-order valence-electron chi connectivity index (χ1n) is 7.20. The molecule has 1 aliphatic heterocycles. The molecule has 21 heavy (non-hydrogen) atoms. The van der Waals surface area contributed by atoms with Crippen LogP contribution in [0.4, 0.5) is 5.69 Å². The average Bonchev–Trinajstić information content (AvgIpc) is 2.50. The van der Waals surface area contributed by atoms with E-state index in [0.717, 1.165) is 30.7 Å². The molecule has 0 amide bonds. The largest absolute Gasteiger partial charge is 0.378 e. The Bertz CT molecular complexity index is 505. The quantitative estimate of drug-likeness (QED) is 0.854. The molecule has 0 radical (unpaired) electrons. The Morgan fingerprint density at radius 2 is 1.86 bits per heavy atom. The van der Waals surface area contributed by atoms with Gasteiger partial charge in [-0.2, -0.15) is 0 Å². The van der Waals surface area contributed by atoms with E-state index in [9.17, 15) is 0 Å². The normalized spacial score (nSPS) is 20.3. The summed E-state index contributed by atoms with van der Waals surface area (Å²) in [7, 11) is 4.09. The van der Waals surface area contributed by atoms with Gasteiger partial charge in [0.1, 0.15) is 6.79 Å². The summed E-state index contributed by atoms with van der Waals surface area (Å²) in [5.41, 5.74) is 3.35. The summed E-state index contributed by atoms with van der Waals surface area (Å²) in [4.78, 5) is 19.5. The van der Waals surface area contributed by atoms with E-state index in [1.807, 2.05) is 27.1 Å². The number of hydrogen-bond donors (Lipinski definition) is 0. The second kappa shape index (κ2) is 7.72. The number of hydrogen-bond acceptors (Lipinski definition) is 4. The van der Waals surface area contributed by atoms with Crippen LogP contribution in [0.25, 0.3) is 0 Å². The maximum absolute atomic E-state index is 8.00. The zero-order chi connectivity index (χ0) is 15.9. The van der Waals surface area contributed by atoms with Gasteiger partial charge >= 0.3 is 0 Å². The van der Waals surface area contributed by atoms with Gasteiger partial charge in [0.25, 0.3) is 0 Å². The van der Waals surface area contributed by atoms with Gasteiger partial charge in [0.05, 0.1) is 17.8 Å². The highest BCUT2D eigenvalue weighted by atomic mass is 16.1. The van der Waals surface area contributed by atoms with E-state index in [1.54, 1.807) is 0 Å². The minimum atomic E-state index is 0.00181. The molecule has 0 aromatic heterocycles. The summed E-state index contributed by atoms with van der Waals surface area (Å²) in [6.45, 7) is 7.17. The molecule has 4 nitrogen and oxygen atoms in total. The Balaban J connectivity index is 0.00000106. The average molecular weight is 287 g/mol. The van der Waals surface area contributed by atoms with Crippen LogP contribution in [0.3, 0.4) is 0 Å². The van der Waals surface area contributed by atoms with E-state index in [4.69, 9.17) is 14.8 Å². The first-order chi connectivity index (χ1) is 10.0. The molecule has 1 atom stereocenters. The van der Waals surface area contributed by atoms with Crippen molar-refractivity contribution in [2.45, 2.75) is 32.2 Å². The molecule has 0 aliphatic carbocycles. The number of nitrogens with zero attached hydrogens (tertiary/aromatic N) is 3. The lowest BCUT2D eigenvalue weighted by Crippen LogP contribution is -2.31. The fraction of sp³-hybridized carbons (Fsp3) is 0.471. The topological polar surface area (TPSA) is 45.0 Å². The van der Waals surface area contributed by atoms with Gasteiger partial charge in [-0.15, -0.1) is 0 Å². The standard InChI is InChI=1S/C16H23N3.CH2O/c1-5-10-16(2)12-17-15(11-18-16)13-6-8-14(9-7-13)19(3)4;1-2/h6-9,11H,5,10,12H2,1-4H3;1H2. The minimum Gasteiger partial charge on any atom is -0.378 e. The Morgan fingerprint density at radius 1 is 1.24 bits per heavy atom. The van der Waals surface area contributed by atoms with Gasteiger partial charge in [-0.05, 0) is 25.5 Å². The molecule has 0 fully saturated rings. The summed E-state index contributed by atoms with van der Waals surface area (Å²) in [5.74, 6) is 0. The van der Waals surface area contributed by atoms with Crippen LogP contribution in [0.15, 0.2) is 34.3 Å². The van der Waals surface area contributed by atoms with Crippen LogP contribution in [0, 0.1) is 0 Å². The second-order valence-electron chi connectivity index (χ2n) is 5.65. The Hall–Kier alpha value is -1.97. The SMILES string of the molecule is C=O.CCCC1(C)CN=C(c2ccc(N(C)C)cc2)C=N1. The predicted octanol–water partition coefficient (Wildman–Crippen LogP) is 3.00. The Labute approximate surface area is 127 Å². The molecule has 0 N–H and O–H groups in total. The summed E-state index contributed by atoms with van der Waals surface area (Å²) >= 11 is 0. The molecule has 1 heterocycles. The predicted molar refractivity (Wildman–Crippen MR) is 91.1 cm³/mol.